The van der Waals surface area contributed by atoms with Crippen molar-refractivity contribution in [2.24, 2.45) is 29.1 Å². The van der Waals surface area contributed by atoms with E-state index in [1.807, 2.05) is 0 Å². The van der Waals surface area contributed by atoms with Gasteiger partial charge in [0.25, 0.3) is 0 Å². The molecule has 24 heavy (non-hydrogen) atoms. The number of sulfonamides is 1. The van der Waals surface area contributed by atoms with Crippen molar-refractivity contribution in [3.05, 3.63) is 0 Å². The third-order valence-corrected chi connectivity index (χ3v) is 8.42. The lowest BCUT2D eigenvalue weighted by atomic mass is 9.49. The maximum absolute atomic E-state index is 12.9. The van der Waals surface area contributed by atoms with E-state index in [0.717, 1.165) is 56.4 Å². The highest BCUT2D eigenvalue weighted by Crippen LogP contribution is 2.60. The Kier molecular flexibility index (Phi) is 4.19. The van der Waals surface area contributed by atoms with Gasteiger partial charge in [0, 0.05) is 25.0 Å². The molecule has 5 rings (SSSR count). The highest BCUT2D eigenvalue weighted by atomic mass is 32.2. The van der Waals surface area contributed by atoms with Gasteiger partial charge in [-0.1, -0.05) is 0 Å². The second-order valence-corrected chi connectivity index (χ2v) is 11.0. The quantitative estimate of drug-likeness (QED) is 0.840. The van der Waals surface area contributed by atoms with Crippen molar-refractivity contribution < 1.29 is 13.2 Å². The minimum absolute atomic E-state index is 0.0673. The fourth-order valence-corrected chi connectivity index (χ4v) is 7.13. The van der Waals surface area contributed by atoms with Crippen molar-refractivity contribution in [1.29, 1.82) is 0 Å². The van der Waals surface area contributed by atoms with Crippen LogP contribution in [0.5, 0.6) is 0 Å². The average molecular weight is 355 g/mol. The van der Waals surface area contributed by atoms with Crippen molar-refractivity contribution in [2.45, 2.75) is 51.4 Å². The first-order valence-corrected chi connectivity index (χ1v) is 11.4. The molecule has 0 radical (unpaired) electrons. The summed E-state index contributed by atoms with van der Waals surface area (Å²) >= 11 is 0. The third-order valence-electron chi connectivity index (χ3n) is 7.11. The maximum Gasteiger partial charge on any atom is 0.226 e. The van der Waals surface area contributed by atoms with Crippen molar-refractivity contribution in [3.8, 4) is 0 Å². The van der Waals surface area contributed by atoms with Crippen molar-refractivity contribution in [2.75, 3.05) is 25.9 Å². The van der Waals surface area contributed by atoms with Crippen LogP contribution in [-0.2, 0) is 14.8 Å². The first-order chi connectivity index (χ1) is 11.3. The maximum atomic E-state index is 12.9. The Morgan fingerprint density at radius 2 is 1.54 bits per heavy atom. The van der Waals surface area contributed by atoms with Gasteiger partial charge in [0.1, 0.15) is 0 Å². The Morgan fingerprint density at radius 3 is 2.00 bits per heavy atom. The van der Waals surface area contributed by atoms with Crippen LogP contribution in [0.1, 0.15) is 51.4 Å². The Labute approximate surface area is 145 Å². The molecule has 0 atom stereocenters. The number of carbonyl (C=O) groups is 1. The number of rotatable bonds is 4. The van der Waals surface area contributed by atoms with Gasteiger partial charge in [0.15, 0.2) is 0 Å². The molecule has 4 bridgehead atoms. The van der Waals surface area contributed by atoms with Crippen LogP contribution in [-0.4, -0.2) is 44.5 Å². The first kappa shape index (κ1) is 16.8. The molecule has 1 heterocycles. The molecule has 6 heteroatoms. The summed E-state index contributed by atoms with van der Waals surface area (Å²) in [6, 6.07) is 0. The van der Waals surface area contributed by atoms with Crippen LogP contribution in [0.25, 0.3) is 0 Å². The van der Waals surface area contributed by atoms with Crippen LogP contribution in [0.3, 0.4) is 0 Å². The van der Waals surface area contributed by atoms with Crippen molar-refractivity contribution >= 4 is 15.9 Å². The van der Waals surface area contributed by atoms with Gasteiger partial charge >= 0.3 is 0 Å². The molecule has 0 unspecified atom stereocenters. The monoisotopic (exact) mass is 354 g/mol. The van der Waals surface area contributed by atoms with Crippen molar-refractivity contribution in [3.63, 3.8) is 0 Å². The van der Waals surface area contributed by atoms with Gasteiger partial charge in [-0.05, 0) is 75.0 Å². The summed E-state index contributed by atoms with van der Waals surface area (Å²) in [5.41, 5.74) is -0.0673. The molecule has 1 N–H and O–H groups in total. The Bertz CT molecular complexity index is 572. The molecule has 0 spiro atoms. The highest BCUT2D eigenvalue weighted by Gasteiger charge is 2.54. The zero-order chi connectivity index (χ0) is 16.9. The van der Waals surface area contributed by atoms with Crippen LogP contribution >= 0.6 is 0 Å². The average Bonchev–Trinajstić information content (AvgIpc) is 2.51. The summed E-state index contributed by atoms with van der Waals surface area (Å²) in [5, 5.41) is 3.26. The summed E-state index contributed by atoms with van der Waals surface area (Å²) < 4.78 is 24.7. The fourth-order valence-electron chi connectivity index (χ4n) is 6.26. The Hall–Kier alpha value is -0.620. The molecule has 0 aromatic heterocycles. The topological polar surface area (TPSA) is 66.5 Å². The number of nitrogens with one attached hydrogen (secondary N) is 1. The second-order valence-electron chi connectivity index (χ2n) is 9.01. The van der Waals surface area contributed by atoms with E-state index in [4.69, 9.17) is 0 Å². The van der Waals surface area contributed by atoms with Crippen LogP contribution in [0.4, 0.5) is 0 Å². The van der Waals surface area contributed by atoms with Gasteiger partial charge in [0.05, 0.1) is 6.26 Å². The predicted octanol–water partition coefficient (Wildman–Crippen LogP) is 1.99. The number of hydrogen-bond acceptors (Lipinski definition) is 3. The fraction of sp³-hybridized carbons (Fsp3) is 0.944. The normalized spacial score (nSPS) is 40.0. The lowest BCUT2D eigenvalue weighted by Crippen LogP contribution is -2.54. The van der Waals surface area contributed by atoms with E-state index >= 15 is 0 Å². The Balaban J connectivity index is 1.30. The molecule has 1 saturated heterocycles. The van der Waals surface area contributed by atoms with Gasteiger partial charge in [-0.3, -0.25) is 4.79 Å². The molecule has 5 nitrogen and oxygen atoms in total. The van der Waals surface area contributed by atoms with Crippen LogP contribution in [0, 0.1) is 29.1 Å². The van der Waals surface area contributed by atoms with Crippen LogP contribution in [0.2, 0.25) is 0 Å². The van der Waals surface area contributed by atoms with Gasteiger partial charge in [-0.2, -0.15) is 0 Å². The standard InChI is InChI=1S/C18H30N2O3S/c1-24(22,23)20-4-2-13(3-5-20)12-19-17(21)18-9-14-6-15(10-18)8-16(7-14)11-18/h13-16H,2-12H2,1H3,(H,19,21). The summed E-state index contributed by atoms with van der Waals surface area (Å²) in [7, 11) is -3.07. The van der Waals surface area contributed by atoms with E-state index in [1.165, 1.54) is 25.5 Å². The number of hydrogen-bond donors (Lipinski definition) is 1. The SMILES string of the molecule is CS(=O)(=O)N1CCC(CNC(=O)C23CC4CC(CC(C4)C2)C3)CC1. The second kappa shape index (κ2) is 5.97. The van der Waals surface area contributed by atoms with E-state index < -0.39 is 10.0 Å². The van der Waals surface area contributed by atoms with Gasteiger partial charge in [-0.25, -0.2) is 12.7 Å². The molecular weight excluding hydrogens is 324 g/mol. The minimum atomic E-state index is -3.07. The van der Waals surface area contributed by atoms with E-state index in [9.17, 15) is 13.2 Å². The number of nitrogens with zero attached hydrogens (tertiary/aromatic N) is 1. The van der Waals surface area contributed by atoms with E-state index in [2.05, 4.69) is 5.32 Å². The third kappa shape index (κ3) is 3.12. The number of piperidine rings is 1. The van der Waals surface area contributed by atoms with E-state index in [0.29, 0.717) is 24.9 Å². The molecule has 5 fully saturated rings. The molecule has 0 aromatic rings. The molecule has 1 amide bonds. The summed E-state index contributed by atoms with van der Waals surface area (Å²) in [5.74, 6) is 3.09. The summed E-state index contributed by atoms with van der Waals surface area (Å²) in [6.45, 7) is 1.91. The van der Waals surface area contributed by atoms with Crippen LogP contribution < -0.4 is 5.32 Å². The zero-order valence-electron chi connectivity index (χ0n) is 14.7. The van der Waals surface area contributed by atoms with Crippen molar-refractivity contribution in [1.82, 2.24) is 9.62 Å². The molecule has 136 valence electrons. The first-order valence-electron chi connectivity index (χ1n) is 9.57. The van der Waals surface area contributed by atoms with E-state index in [-0.39, 0.29) is 5.41 Å². The lowest BCUT2D eigenvalue weighted by Gasteiger charge is -2.55. The number of carbonyl (C=O) groups excluding carboxylic acids is 1. The molecule has 5 aliphatic rings. The molecular formula is C18H30N2O3S. The Morgan fingerprint density at radius 1 is 1.04 bits per heavy atom. The molecule has 4 aliphatic carbocycles. The number of amides is 1. The largest absolute Gasteiger partial charge is 0.355 e. The van der Waals surface area contributed by atoms with Gasteiger partial charge < -0.3 is 5.32 Å². The highest BCUT2D eigenvalue weighted by molar-refractivity contribution is 7.88. The van der Waals surface area contributed by atoms with E-state index in [1.54, 1.807) is 4.31 Å². The predicted molar refractivity (Wildman–Crippen MR) is 92.8 cm³/mol. The molecule has 4 saturated carbocycles. The van der Waals surface area contributed by atoms with Gasteiger partial charge in [0.2, 0.25) is 15.9 Å². The van der Waals surface area contributed by atoms with Gasteiger partial charge in [-0.15, -0.1) is 0 Å². The zero-order valence-corrected chi connectivity index (χ0v) is 15.5. The molecule has 1 aliphatic heterocycles. The van der Waals surface area contributed by atoms with Crippen LogP contribution in [0.15, 0.2) is 0 Å². The lowest BCUT2D eigenvalue weighted by molar-refractivity contribution is -0.146. The summed E-state index contributed by atoms with van der Waals surface area (Å²) in [4.78, 5) is 12.9. The summed E-state index contributed by atoms with van der Waals surface area (Å²) in [6.07, 6.45) is 10.4. The smallest absolute Gasteiger partial charge is 0.226 e. The minimum Gasteiger partial charge on any atom is -0.355 e. The molecule has 0 aromatic carbocycles.